The standard InChI is InChI=1S/C27H34N4O6/c32-15-21(33)20(13-16-10-12-28-24(16)35)29-25(36)23-19-8-4-5-17(19)14-31(23)26(37)27(11-9-22(34)30-27)18-6-2-1-3-7-18/h1-3,6-7,16-17,19-20,23,32H,4-5,8-15H2,(H,28,35)(H,29,36)(H,30,34)/t16-,17+,19+,20-,23+,27+/m1/s1. The minimum atomic E-state index is -1.24. The molecule has 0 radical (unpaired) electrons. The quantitative estimate of drug-likeness (QED) is 0.387. The molecule has 1 aromatic carbocycles. The molecule has 0 unspecified atom stereocenters. The molecule has 37 heavy (non-hydrogen) atoms. The van der Waals surface area contributed by atoms with Crippen LogP contribution in [0.15, 0.2) is 30.3 Å². The number of ketones is 1. The van der Waals surface area contributed by atoms with Gasteiger partial charge in [-0.2, -0.15) is 0 Å². The number of amides is 4. The van der Waals surface area contributed by atoms with E-state index in [1.807, 2.05) is 30.3 Å². The second kappa shape index (κ2) is 10.2. The Morgan fingerprint density at radius 1 is 1.14 bits per heavy atom. The topological polar surface area (TPSA) is 145 Å². The molecule has 3 heterocycles. The molecule has 1 aliphatic carbocycles. The average molecular weight is 511 g/mol. The Balaban J connectivity index is 1.42. The van der Waals surface area contributed by atoms with E-state index in [0.29, 0.717) is 31.5 Å². The number of aliphatic hydroxyl groups is 1. The van der Waals surface area contributed by atoms with Crippen LogP contribution in [-0.2, 0) is 29.5 Å². The fourth-order valence-corrected chi connectivity index (χ4v) is 6.78. The van der Waals surface area contributed by atoms with E-state index in [2.05, 4.69) is 16.0 Å². The summed E-state index contributed by atoms with van der Waals surface area (Å²) in [7, 11) is 0. The van der Waals surface area contributed by atoms with E-state index >= 15 is 0 Å². The lowest BCUT2D eigenvalue weighted by Gasteiger charge is -2.36. The molecule has 3 aliphatic heterocycles. The monoisotopic (exact) mass is 510 g/mol. The van der Waals surface area contributed by atoms with E-state index in [1.165, 1.54) is 0 Å². The number of nitrogens with one attached hydrogen (secondary N) is 3. The largest absolute Gasteiger partial charge is 0.389 e. The smallest absolute Gasteiger partial charge is 0.253 e. The molecule has 4 amide bonds. The number of nitrogens with zero attached hydrogens (tertiary/aromatic N) is 1. The van der Waals surface area contributed by atoms with Crippen LogP contribution < -0.4 is 16.0 Å². The molecule has 6 atom stereocenters. The average Bonchev–Trinajstić information content (AvgIpc) is 3.68. The third-order valence-electron chi connectivity index (χ3n) is 8.68. The molecule has 4 fully saturated rings. The van der Waals surface area contributed by atoms with Crippen LogP contribution in [0.4, 0.5) is 0 Å². The van der Waals surface area contributed by atoms with Gasteiger partial charge in [0, 0.05) is 25.4 Å². The van der Waals surface area contributed by atoms with Gasteiger partial charge in [-0.1, -0.05) is 36.8 Å². The first-order valence-corrected chi connectivity index (χ1v) is 13.2. The highest BCUT2D eigenvalue weighted by Gasteiger charge is 2.56. The fourth-order valence-electron chi connectivity index (χ4n) is 6.78. The lowest BCUT2D eigenvalue weighted by atomic mass is 9.86. The van der Waals surface area contributed by atoms with Gasteiger partial charge in [-0.05, 0) is 49.5 Å². The number of fused-ring (bicyclic) bond motifs is 1. The van der Waals surface area contributed by atoms with E-state index in [1.54, 1.807) is 4.90 Å². The predicted molar refractivity (Wildman–Crippen MR) is 132 cm³/mol. The number of carbonyl (C=O) groups excluding carboxylic acids is 5. The van der Waals surface area contributed by atoms with Crippen LogP contribution >= 0.6 is 0 Å². The lowest BCUT2D eigenvalue weighted by Crippen LogP contribution is -2.59. The molecular formula is C27H34N4O6. The van der Waals surface area contributed by atoms with Crippen LogP contribution in [-0.4, -0.2) is 71.2 Å². The maximum Gasteiger partial charge on any atom is 0.253 e. The second-order valence-corrected chi connectivity index (χ2v) is 10.8. The highest BCUT2D eigenvalue weighted by atomic mass is 16.3. The SMILES string of the molecule is O=C1CC[C@@](C(=O)N2C[C@@H]3CCC[C@@H]3[C@H]2C(=O)N[C@H](C[C@H]2CCNC2=O)C(=O)CO)(c2ccccc2)N1. The Labute approximate surface area is 215 Å². The van der Waals surface area contributed by atoms with Crippen LogP contribution in [0.5, 0.6) is 0 Å². The van der Waals surface area contributed by atoms with Crippen molar-refractivity contribution < 1.29 is 29.1 Å². The zero-order chi connectivity index (χ0) is 26.2. The highest BCUT2D eigenvalue weighted by molar-refractivity contribution is 5.99. The second-order valence-electron chi connectivity index (χ2n) is 10.8. The van der Waals surface area contributed by atoms with Gasteiger partial charge in [0.15, 0.2) is 5.78 Å². The van der Waals surface area contributed by atoms with Crippen LogP contribution in [0.25, 0.3) is 0 Å². The Bertz CT molecular complexity index is 1090. The number of likely N-dealkylation sites (tertiary alicyclic amines) is 1. The van der Waals surface area contributed by atoms with Crippen LogP contribution in [0.1, 0.15) is 50.5 Å². The van der Waals surface area contributed by atoms with E-state index in [-0.39, 0.29) is 42.4 Å². The first kappa shape index (κ1) is 25.4. The summed E-state index contributed by atoms with van der Waals surface area (Å²) in [6.45, 7) is 0.177. The molecule has 0 aromatic heterocycles. The molecule has 10 heteroatoms. The number of hydrogen-bond donors (Lipinski definition) is 4. The van der Waals surface area contributed by atoms with Crippen molar-refractivity contribution in [2.24, 2.45) is 17.8 Å². The summed E-state index contributed by atoms with van der Waals surface area (Å²) in [5, 5.41) is 18.0. The highest BCUT2D eigenvalue weighted by Crippen LogP contribution is 2.45. The van der Waals surface area contributed by atoms with Gasteiger partial charge in [0.05, 0.1) is 6.04 Å². The van der Waals surface area contributed by atoms with Crippen molar-refractivity contribution in [3.05, 3.63) is 35.9 Å². The first-order chi connectivity index (χ1) is 17.8. The zero-order valence-corrected chi connectivity index (χ0v) is 20.8. The molecule has 4 N–H and O–H groups in total. The predicted octanol–water partition coefficient (Wildman–Crippen LogP) is -0.00860. The molecule has 10 nitrogen and oxygen atoms in total. The summed E-state index contributed by atoms with van der Waals surface area (Å²) < 4.78 is 0. The van der Waals surface area contributed by atoms with Crippen molar-refractivity contribution in [1.82, 2.24) is 20.9 Å². The van der Waals surface area contributed by atoms with Gasteiger partial charge in [-0.3, -0.25) is 24.0 Å². The minimum absolute atomic E-state index is 0.0477. The third-order valence-corrected chi connectivity index (χ3v) is 8.68. The number of carbonyl (C=O) groups is 5. The van der Waals surface area contributed by atoms with Gasteiger partial charge >= 0.3 is 0 Å². The van der Waals surface area contributed by atoms with Crippen molar-refractivity contribution in [3.63, 3.8) is 0 Å². The maximum absolute atomic E-state index is 14.2. The summed E-state index contributed by atoms with van der Waals surface area (Å²) in [6, 6.07) is 7.32. The third kappa shape index (κ3) is 4.63. The molecule has 198 valence electrons. The first-order valence-electron chi connectivity index (χ1n) is 13.2. The van der Waals surface area contributed by atoms with Crippen LogP contribution in [0, 0.1) is 17.8 Å². The van der Waals surface area contributed by atoms with Crippen molar-refractivity contribution in [1.29, 1.82) is 0 Å². The van der Waals surface area contributed by atoms with Gasteiger partial charge in [-0.15, -0.1) is 0 Å². The molecule has 3 saturated heterocycles. The molecule has 1 aromatic rings. The Kier molecular flexibility index (Phi) is 7.02. The maximum atomic E-state index is 14.2. The van der Waals surface area contributed by atoms with Gasteiger partial charge in [-0.25, -0.2) is 0 Å². The van der Waals surface area contributed by atoms with E-state index in [9.17, 15) is 29.1 Å². The normalized spacial score (nSPS) is 31.5. The number of aliphatic hydroxyl groups excluding tert-OH is 1. The molecule has 5 rings (SSSR count). The molecule has 0 spiro atoms. The fraction of sp³-hybridized carbons (Fsp3) is 0.593. The van der Waals surface area contributed by atoms with Gasteiger partial charge in [0.2, 0.25) is 17.7 Å². The van der Waals surface area contributed by atoms with E-state index < -0.39 is 41.8 Å². The molecular weight excluding hydrogens is 476 g/mol. The summed E-state index contributed by atoms with van der Waals surface area (Å²) in [5.41, 5.74) is -0.555. The molecule has 1 saturated carbocycles. The Morgan fingerprint density at radius 3 is 2.57 bits per heavy atom. The van der Waals surface area contributed by atoms with Crippen molar-refractivity contribution in [2.75, 3.05) is 19.7 Å². The summed E-state index contributed by atoms with van der Waals surface area (Å²) >= 11 is 0. The van der Waals surface area contributed by atoms with Gasteiger partial charge < -0.3 is 26.0 Å². The minimum Gasteiger partial charge on any atom is -0.389 e. The van der Waals surface area contributed by atoms with Crippen molar-refractivity contribution in [2.45, 2.75) is 62.6 Å². The number of Topliss-reactive ketones (excluding diaryl/α,β-unsaturated/α-hetero) is 1. The zero-order valence-electron chi connectivity index (χ0n) is 20.8. The van der Waals surface area contributed by atoms with E-state index in [0.717, 1.165) is 19.3 Å². The van der Waals surface area contributed by atoms with Crippen molar-refractivity contribution >= 4 is 29.4 Å². The summed E-state index contributed by atoms with van der Waals surface area (Å²) in [4.78, 5) is 66.6. The van der Waals surface area contributed by atoms with Crippen LogP contribution in [0.3, 0.4) is 0 Å². The number of rotatable bonds is 8. The summed E-state index contributed by atoms with van der Waals surface area (Å²) in [5.74, 6) is -1.99. The molecule has 0 bridgehead atoms. The van der Waals surface area contributed by atoms with Crippen LogP contribution in [0.2, 0.25) is 0 Å². The van der Waals surface area contributed by atoms with Gasteiger partial charge in [0.25, 0.3) is 5.91 Å². The summed E-state index contributed by atoms with van der Waals surface area (Å²) in [6.07, 6.45) is 3.84. The van der Waals surface area contributed by atoms with Gasteiger partial charge in [0.1, 0.15) is 18.2 Å². The lowest BCUT2D eigenvalue weighted by molar-refractivity contribution is -0.146. The number of hydrogen-bond acceptors (Lipinski definition) is 6. The van der Waals surface area contributed by atoms with E-state index in [4.69, 9.17) is 0 Å². The Hall–Kier alpha value is -3.27. The Morgan fingerprint density at radius 2 is 1.92 bits per heavy atom. The molecule has 4 aliphatic rings. The number of benzene rings is 1. The van der Waals surface area contributed by atoms with Crippen molar-refractivity contribution in [3.8, 4) is 0 Å².